The van der Waals surface area contributed by atoms with E-state index in [0.29, 0.717) is 19.4 Å². The first-order valence-corrected chi connectivity index (χ1v) is 12.2. The summed E-state index contributed by atoms with van der Waals surface area (Å²) in [7, 11) is 0. The number of thiophene rings is 1. The molecule has 3 N–H and O–H groups in total. The molecule has 0 saturated carbocycles. The van der Waals surface area contributed by atoms with E-state index in [1.54, 1.807) is 22.3 Å². The van der Waals surface area contributed by atoms with Crippen molar-refractivity contribution in [1.29, 1.82) is 0 Å². The fourth-order valence-corrected chi connectivity index (χ4v) is 4.83. The van der Waals surface area contributed by atoms with Crippen molar-refractivity contribution in [1.82, 2.24) is 5.32 Å². The smallest absolute Gasteiger partial charge is 0.250 e. The van der Waals surface area contributed by atoms with Gasteiger partial charge in [0, 0.05) is 35.6 Å². The van der Waals surface area contributed by atoms with E-state index in [-0.39, 0.29) is 17.9 Å². The number of fused-ring (bicyclic) bond motifs is 1. The highest BCUT2D eigenvalue weighted by Crippen LogP contribution is 2.27. The van der Waals surface area contributed by atoms with E-state index in [1.807, 2.05) is 60.0 Å². The molecule has 170 valence electrons. The van der Waals surface area contributed by atoms with Crippen LogP contribution in [0.15, 0.2) is 84.3 Å². The molecule has 0 aliphatic carbocycles. The lowest BCUT2D eigenvalue weighted by atomic mass is 10.0. The molecule has 1 aromatic heterocycles. The molecule has 4 rings (SSSR count). The van der Waals surface area contributed by atoms with Gasteiger partial charge >= 0.3 is 0 Å². The van der Waals surface area contributed by atoms with Gasteiger partial charge in [0.15, 0.2) is 0 Å². The molecule has 3 aromatic rings. The van der Waals surface area contributed by atoms with Gasteiger partial charge in [-0.2, -0.15) is 0 Å². The van der Waals surface area contributed by atoms with Crippen LogP contribution in [0.2, 0.25) is 0 Å². The van der Waals surface area contributed by atoms with Crippen LogP contribution in [0.5, 0.6) is 0 Å². The molecule has 0 bridgehead atoms. The minimum atomic E-state index is -0.627. The van der Waals surface area contributed by atoms with Gasteiger partial charge in [-0.25, -0.2) is 0 Å². The van der Waals surface area contributed by atoms with Crippen LogP contribution in [-0.4, -0.2) is 30.4 Å². The monoisotopic (exact) mass is 459 g/mol. The second kappa shape index (κ2) is 11.1. The molecule has 1 aliphatic heterocycles. The van der Waals surface area contributed by atoms with E-state index in [4.69, 9.17) is 5.73 Å². The standard InChI is InChI=1S/C27H29N3O2S/c28-24(19-23-10-6-18-33-23)27(32)29-22(13-12-20-7-2-1-3-8-20)14-15-26(31)30-17-16-21-9-4-5-11-25(21)30/h1-11,14-15,18,22,24H,12-13,16-17,19,28H2,(H,29,32). The minimum absolute atomic E-state index is 0.0678. The number of aryl methyl sites for hydroxylation is 1. The first-order chi connectivity index (χ1) is 16.1. The lowest BCUT2D eigenvalue weighted by molar-refractivity contribution is -0.122. The summed E-state index contributed by atoms with van der Waals surface area (Å²) in [5.74, 6) is -0.271. The third-order valence-corrected chi connectivity index (χ3v) is 6.78. The molecule has 6 heteroatoms. The lowest BCUT2D eigenvalue weighted by Gasteiger charge is -2.19. The van der Waals surface area contributed by atoms with E-state index < -0.39 is 6.04 Å². The first kappa shape index (κ1) is 23.0. The topological polar surface area (TPSA) is 75.4 Å². The predicted octanol–water partition coefficient (Wildman–Crippen LogP) is 3.88. The molecule has 0 saturated heterocycles. The third-order valence-electron chi connectivity index (χ3n) is 5.88. The highest BCUT2D eigenvalue weighted by Gasteiger charge is 2.23. The predicted molar refractivity (Wildman–Crippen MR) is 134 cm³/mol. The number of hydrogen-bond donors (Lipinski definition) is 2. The van der Waals surface area contributed by atoms with Gasteiger partial charge in [0.2, 0.25) is 5.91 Å². The average molecular weight is 460 g/mol. The molecule has 33 heavy (non-hydrogen) atoms. The number of nitrogens with two attached hydrogens (primary N) is 1. The molecule has 2 unspecified atom stereocenters. The fraction of sp³-hybridized carbons (Fsp3) is 0.259. The molecule has 1 aliphatic rings. The highest BCUT2D eigenvalue weighted by molar-refractivity contribution is 7.09. The minimum Gasteiger partial charge on any atom is -0.349 e. The van der Waals surface area contributed by atoms with Crippen molar-refractivity contribution in [2.75, 3.05) is 11.4 Å². The van der Waals surface area contributed by atoms with Crippen LogP contribution in [0.4, 0.5) is 5.69 Å². The molecule has 0 fully saturated rings. The molecule has 0 radical (unpaired) electrons. The zero-order valence-electron chi connectivity index (χ0n) is 18.5. The summed E-state index contributed by atoms with van der Waals surface area (Å²) < 4.78 is 0. The number of anilines is 1. The number of carbonyl (C=O) groups is 2. The van der Waals surface area contributed by atoms with Crippen LogP contribution in [0.1, 0.15) is 22.4 Å². The summed E-state index contributed by atoms with van der Waals surface area (Å²) in [6, 6.07) is 21.1. The summed E-state index contributed by atoms with van der Waals surface area (Å²) >= 11 is 1.59. The number of carbonyl (C=O) groups excluding carboxylic acids is 2. The quantitative estimate of drug-likeness (QED) is 0.477. The number of nitrogens with zero attached hydrogens (tertiary/aromatic N) is 1. The molecule has 2 aromatic carbocycles. The van der Waals surface area contributed by atoms with Crippen molar-refractivity contribution in [2.24, 2.45) is 5.73 Å². The number of hydrogen-bond acceptors (Lipinski definition) is 4. The second-order valence-electron chi connectivity index (χ2n) is 8.26. The van der Waals surface area contributed by atoms with Gasteiger partial charge in [0.05, 0.1) is 6.04 Å². The van der Waals surface area contributed by atoms with E-state index in [1.165, 1.54) is 11.1 Å². The average Bonchev–Trinajstić information content (AvgIpc) is 3.51. The molecule has 2 heterocycles. The number of nitrogens with one attached hydrogen (secondary N) is 1. The maximum absolute atomic E-state index is 12.9. The summed E-state index contributed by atoms with van der Waals surface area (Å²) in [5, 5.41) is 5.03. The summed E-state index contributed by atoms with van der Waals surface area (Å²) in [6.07, 6.45) is 6.23. The van der Waals surface area contributed by atoms with Gasteiger partial charge in [-0.1, -0.05) is 60.7 Å². The van der Waals surface area contributed by atoms with Gasteiger partial charge in [0.25, 0.3) is 5.91 Å². The van der Waals surface area contributed by atoms with Crippen molar-refractivity contribution in [3.05, 3.63) is 100 Å². The Morgan fingerprint density at radius 1 is 1.06 bits per heavy atom. The normalized spacial score (nSPS) is 14.8. The Morgan fingerprint density at radius 2 is 1.85 bits per heavy atom. The Kier molecular flexibility index (Phi) is 7.70. The van der Waals surface area contributed by atoms with Gasteiger partial charge < -0.3 is 16.0 Å². The Bertz CT molecular complexity index is 1100. The summed E-state index contributed by atoms with van der Waals surface area (Å²) in [6.45, 7) is 0.676. The Labute approximate surface area is 198 Å². The maximum Gasteiger partial charge on any atom is 0.250 e. The van der Waals surface area contributed by atoms with Crippen LogP contribution in [-0.2, 0) is 28.9 Å². The highest BCUT2D eigenvalue weighted by atomic mass is 32.1. The maximum atomic E-state index is 12.9. The van der Waals surface area contributed by atoms with Crippen LogP contribution in [0, 0.1) is 0 Å². The van der Waals surface area contributed by atoms with Crippen LogP contribution in [0.25, 0.3) is 0 Å². The molecule has 2 atom stereocenters. The number of rotatable bonds is 9. The van der Waals surface area contributed by atoms with Crippen molar-refractivity contribution in [3.8, 4) is 0 Å². The van der Waals surface area contributed by atoms with Crippen LogP contribution < -0.4 is 16.0 Å². The number of benzene rings is 2. The van der Waals surface area contributed by atoms with Gasteiger partial charge in [-0.15, -0.1) is 11.3 Å². The van der Waals surface area contributed by atoms with Crippen molar-refractivity contribution < 1.29 is 9.59 Å². The summed E-state index contributed by atoms with van der Waals surface area (Å²) in [4.78, 5) is 28.6. The van der Waals surface area contributed by atoms with Gasteiger partial charge in [0.1, 0.15) is 0 Å². The van der Waals surface area contributed by atoms with Gasteiger partial charge in [-0.3, -0.25) is 9.59 Å². The molecule has 0 spiro atoms. The van der Waals surface area contributed by atoms with Crippen LogP contribution in [0.3, 0.4) is 0 Å². The van der Waals surface area contributed by atoms with E-state index in [0.717, 1.165) is 23.4 Å². The first-order valence-electron chi connectivity index (χ1n) is 11.3. The summed E-state index contributed by atoms with van der Waals surface area (Å²) in [5.41, 5.74) is 9.51. The largest absolute Gasteiger partial charge is 0.349 e. The van der Waals surface area contributed by atoms with Crippen LogP contribution >= 0.6 is 11.3 Å². The zero-order valence-corrected chi connectivity index (χ0v) is 19.3. The number of amides is 2. The number of para-hydroxylation sites is 1. The second-order valence-corrected chi connectivity index (χ2v) is 9.29. The molecular weight excluding hydrogens is 430 g/mol. The van der Waals surface area contributed by atoms with Crippen molar-refractivity contribution in [3.63, 3.8) is 0 Å². The Balaban J connectivity index is 1.42. The lowest BCUT2D eigenvalue weighted by Crippen LogP contribution is -2.46. The fourth-order valence-electron chi connectivity index (χ4n) is 4.07. The Morgan fingerprint density at radius 3 is 2.64 bits per heavy atom. The van der Waals surface area contributed by atoms with Crippen molar-refractivity contribution in [2.45, 2.75) is 37.8 Å². The molecule has 2 amide bonds. The third kappa shape index (κ3) is 6.18. The van der Waals surface area contributed by atoms with E-state index in [2.05, 4.69) is 23.5 Å². The van der Waals surface area contributed by atoms with Gasteiger partial charge in [-0.05, 0) is 47.9 Å². The van der Waals surface area contributed by atoms with E-state index >= 15 is 0 Å². The van der Waals surface area contributed by atoms with E-state index in [9.17, 15) is 9.59 Å². The zero-order chi connectivity index (χ0) is 23.0. The SMILES string of the molecule is NC(Cc1cccs1)C(=O)NC(C=CC(=O)N1CCc2ccccc21)CCc1ccccc1. The van der Waals surface area contributed by atoms with Crippen molar-refractivity contribution >= 4 is 28.8 Å². The Hall–Kier alpha value is -3.22. The molecule has 5 nitrogen and oxygen atoms in total. The molecular formula is C27H29N3O2S.